The highest BCUT2D eigenvalue weighted by Gasteiger charge is 2.44. The lowest BCUT2D eigenvalue weighted by atomic mass is 9.56. The molecule has 0 unspecified atom stereocenters. The van der Waals surface area contributed by atoms with E-state index in [1.807, 2.05) is 30.3 Å². The monoisotopic (exact) mass is 445 g/mol. The molecule has 1 aromatic rings. The van der Waals surface area contributed by atoms with Crippen LogP contribution in [0.3, 0.4) is 0 Å². The summed E-state index contributed by atoms with van der Waals surface area (Å²) in [5, 5.41) is 17.0. The highest BCUT2D eigenvalue weighted by Crippen LogP contribution is 2.51. The first-order chi connectivity index (χ1) is 15.0. The number of nitrogens with zero attached hydrogens (tertiary/aromatic N) is 1. The van der Waals surface area contributed by atoms with Gasteiger partial charge in [0.1, 0.15) is 6.61 Å². The molecule has 4 rings (SSSR count). The number of aliphatic carboxylic acids is 1. The van der Waals surface area contributed by atoms with Gasteiger partial charge < -0.3 is 15.2 Å². The number of para-hydroxylation sites is 1. The lowest BCUT2D eigenvalue weighted by molar-refractivity contribution is -0.142. The fourth-order valence-corrected chi connectivity index (χ4v) is 5.62. The summed E-state index contributed by atoms with van der Waals surface area (Å²) in [5.74, 6) is 1.85. The van der Waals surface area contributed by atoms with E-state index < -0.39 is 5.97 Å². The predicted octanol–water partition coefficient (Wildman–Crippen LogP) is 5.06. The van der Waals surface area contributed by atoms with Crippen molar-refractivity contribution in [3.63, 3.8) is 0 Å². The Morgan fingerprint density at radius 2 is 1.84 bits per heavy atom. The largest absolute Gasteiger partial charge is 0.480 e. The second kappa shape index (κ2) is 12.2. The molecular weight excluding hydrogens is 410 g/mol. The third kappa shape index (κ3) is 7.28. The molecule has 2 atom stereocenters. The van der Waals surface area contributed by atoms with Crippen LogP contribution in [0.2, 0.25) is 0 Å². The molecule has 3 aliphatic rings. The molecule has 0 aromatic heterocycles. The molecule has 1 aromatic carbocycles. The first kappa shape index (κ1) is 23.7. The van der Waals surface area contributed by atoms with Crippen molar-refractivity contribution in [2.45, 2.75) is 58.3 Å². The Morgan fingerprint density at radius 3 is 2.55 bits per heavy atom. The average Bonchev–Trinajstić information content (AvgIpc) is 2.78. The van der Waals surface area contributed by atoms with E-state index in [4.69, 9.17) is 22.1 Å². The Labute approximate surface area is 190 Å². The summed E-state index contributed by atoms with van der Waals surface area (Å²) in [6.45, 7) is 2.48. The molecule has 2 bridgehead atoms. The highest BCUT2D eigenvalue weighted by molar-refractivity contribution is 7.80. The van der Waals surface area contributed by atoms with Crippen molar-refractivity contribution in [2.24, 2.45) is 28.8 Å². The molecule has 0 saturated heterocycles. The van der Waals surface area contributed by atoms with E-state index in [0.29, 0.717) is 23.6 Å². The number of ether oxygens (including phenoxy) is 1. The van der Waals surface area contributed by atoms with Gasteiger partial charge in [-0.3, -0.25) is 5.43 Å². The van der Waals surface area contributed by atoms with Crippen LogP contribution in [0.25, 0.3) is 0 Å². The van der Waals surface area contributed by atoms with E-state index in [-0.39, 0.29) is 6.61 Å². The summed E-state index contributed by atoms with van der Waals surface area (Å²) in [6, 6.07) is 9.88. The number of fused-ring (bicyclic) bond motifs is 3. The molecule has 0 radical (unpaired) electrons. The van der Waals surface area contributed by atoms with Crippen molar-refractivity contribution in [3.8, 4) is 0 Å². The fraction of sp³-hybridized carbons (Fsp3) is 0.625. The summed E-state index contributed by atoms with van der Waals surface area (Å²) in [4.78, 5) is 10.5. The average molecular weight is 446 g/mol. The zero-order chi connectivity index (χ0) is 22.1. The molecule has 7 heteroatoms. The Balaban J connectivity index is 1.49. The summed E-state index contributed by atoms with van der Waals surface area (Å²) < 4.78 is 5.15. The standard InChI is InChI=1S/C24H35N3O3S/c1-17(26-27-24(31)25-20-8-4-2-5-9-20)23-19-13-11-18(12-14-19)21(23)10-6-3-7-15-30-16-22(28)29/h2,4-5,8-9,18-19,21,23H,3,6-7,10-16H2,1H3,(H,28,29)(H2,25,27,31)/t18?,19?,21-,23-/m0/s1. The molecule has 3 fully saturated rings. The summed E-state index contributed by atoms with van der Waals surface area (Å²) in [5.41, 5.74) is 5.17. The smallest absolute Gasteiger partial charge is 0.329 e. The van der Waals surface area contributed by atoms with Gasteiger partial charge in [0, 0.05) is 23.9 Å². The maximum Gasteiger partial charge on any atom is 0.329 e. The second-order valence-electron chi connectivity index (χ2n) is 8.85. The number of hydrogen-bond acceptors (Lipinski definition) is 4. The molecule has 0 aliphatic heterocycles. The molecule has 0 spiro atoms. The summed E-state index contributed by atoms with van der Waals surface area (Å²) in [6.07, 6.45) is 9.71. The molecule has 3 aliphatic carbocycles. The normalized spacial score (nSPS) is 25.3. The molecule has 31 heavy (non-hydrogen) atoms. The Morgan fingerprint density at radius 1 is 1.13 bits per heavy atom. The first-order valence-electron chi connectivity index (χ1n) is 11.5. The molecular formula is C24H35N3O3S. The molecule has 0 amide bonds. The molecule has 3 N–H and O–H groups in total. The summed E-state index contributed by atoms with van der Waals surface area (Å²) >= 11 is 5.41. The fourth-order valence-electron chi connectivity index (χ4n) is 5.46. The first-order valence-corrected chi connectivity index (χ1v) is 11.9. The second-order valence-corrected chi connectivity index (χ2v) is 9.25. The number of hydrogen-bond donors (Lipinski definition) is 3. The topological polar surface area (TPSA) is 83.0 Å². The zero-order valence-corrected chi connectivity index (χ0v) is 19.2. The summed E-state index contributed by atoms with van der Waals surface area (Å²) in [7, 11) is 0. The number of rotatable bonds is 11. The SMILES string of the molecule is CC(=NNC(=S)Nc1ccccc1)[C@H]1C2CCC(CC2)[C@@H]1CCCCCOCC(=O)O. The van der Waals surface area contributed by atoms with E-state index in [1.165, 1.54) is 37.8 Å². The van der Waals surface area contributed by atoms with E-state index >= 15 is 0 Å². The van der Waals surface area contributed by atoms with Gasteiger partial charge in [0.15, 0.2) is 5.11 Å². The van der Waals surface area contributed by atoms with E-state index in [0.717, 1.165) is 36.8 Å². The van der Waals surface area contributed by atoms with Crippen molar-refractivity contribution < 1.29 is 14.6 Å². The van der Waals surface area contributed by atoms with E-state index in [1.54, 1.807) is 0 Å². The lowest BCUT2D eigenvalue weighted by Crippen LogP contribution is -2.44. The Kier molecular flexibility index (Phi) is 9.28. The van der Waals surface area contributed by atoms with Gasteiger partial charge in [0.25, 0.3) is 0 Å². The van der Waals surface area contributed by atoms with Gasteiger partial charge in [-0.2, -0.15) is 5.10 Å². The number of carboxylic acids is 1. The van der Waals surface area contributed by atoms with Gasteiger partial charge >= 0.3 is 5.97 Å². The third-order valence-electron chi connectivity index (χ3n) is 6.79. The minimum atomic E-state index is -0.900. The number of hydrazone groups is 1. The lowest BCUT2D eigenvalue weighted by Gasteiger charge is -2.49. The van der Waals surface area contributed by atoms with Gasteiger partial charge in [-0.1, -0.05) is 31.0 Å². The number of thiocarbonyl (C=S) groups is 1. The maximum atomic E-state index is 10.5. The maximum absolute atomic E-state index is 10.5. The van der Waals surface area contributed by atoms with Gasteiger partial charge in [0.05, 0.1) is 0 Å². The van der Waals surface area contributed by atoms with Crippen LogP contribution in [0.4, 0.5) is 5.69 Å². The van der Waals surface area contributed by atoms with Crippen LogP contribution in [-0.4, -0.2) is 35.1 Å². The van der Waals surface area contributed by atoms with Crippen LogP contribution in [-0.2, 0) is 9.53 Å². The third-order valence-corrected chi connectivity index (χ3v) is 6.98. The molecule has 3 saturated carbocycles. The number of carbonyl (C=O) groups is 1. The van der Waals surface area contributed by atoms with Crippen molar-refractivity contribution in [1.29, 1.82) is 0 Å². The van der Waals surface area contributed by atoms with Crippen LogP contribution in [0.15, 0.2) is 35.4 Å². The number of nitrogens with one attached hydrogen (secondary N) is 2. The number of anilines is 1. The van der Waals surface area contributed by atoms with Crippen molar-refractivity contribution in [2.75, 3.05) is 18.5 Å². The van der Waals surface area contributed by atoms with Crippen LogP contribution >= 0.6 is 12.2 Å². The van der Waals surface area contributed by atoms with Crippen LogP contribution in [0.5, 0.6) is 0 Å². The quantitative estimate of drug-likeness (QED) is 0.191. The molecule has 6 nitrogen and oxygen atoms in total. The number of unbranched alkanes of at least 4 members (excludes halogenated alkanes) is 2. The Bertz CT molecular complexity index is 748. The van der Waals surface area contributed by atoms with Gasteiger partial charge in [-0.15, -0.1) is 0 Å². The minimum absolute atomic E-state index is 0.196. The van der Waals surface area contributed by atoms with Gasteiger partial charge in [-0.25, -0.2) is 4.79 Å². The Hall–Kier alpha value is -1.99. The zero-order valence-electron chi connectivity index (χ0n) is 18.4. The van der Waals surface area contributed by atoms with Crippen molar-refractivity contribution in [3.05, 3.63) is 30.3 Å². The van der Waals surface area contributed by atoms with Gasteiger partial charge in [-0.05, 0) is 87.6 Å². The predicted molar refractivity (Wildman–Crippen MR) is 128 cm³/mol. The van der Waals surface area contributed by atoms with Crippen LogP contribution < -0.4 is 10.7 Å². The van der Waals surface area contributed by atoms with Crippen molar-refractivity contribution >= 4 is 34.7 Å². The van der Waals surface area contributed by atoms with Crippen LogP contribution in [0.1, 0.15) is 58.3 Å². The van der Waals surface area contributed by atoms with E-state index in [2.05, 4.69) is 22.8 Å². The van der Waals surface area contributed by atoms with Crippen LogP contribution in [0, 0.1) is 23.7 Å². The highest BCUT2D eigenvalue weighted by atomic mass is 32.1. The van der Waals surface area contributed by atoms with Crippen molar-refractivity contribution in [1.82, 2.24) is 5.43 Å². The molecule has 170 valence electrons. The van der Waals surface area contributed by atoms with Gasteiger partial charge in [0.2, 0.25) is 0 Å². The number of carboxylic acid groups (broad SMARTS) is 1. The molecule has 0 heterocycles. The van der Waals surface area contributed by atoms with E-state index in [9.17, 15) is 4.79 Å². The minimum Gasteiger partial charge on any atom is -0.480 e. The number of benzene rings is 1.